The zero-order valence-electron chi connectivity index (χ0n) is 35.6. The molecule has 0 fully saturated rings. The summed E-state index contributed by atoms with van der Waals surface area (Å²) in [5.41, 5.74) is 2.06. The molecule has 0 heterocycles. The van der Waals surface area contributed by atoms with E-state index in [4.69, 9.17) is 76.5 Å². The maximum atomic E-state index is 8.81. The standard InChI is InChI=1S/C42H70O16/c1-45-37-28-33(29-38(46-2)41(37)49-5)26-35(8-7-11-51-14-17-54-20-21-55-18-15-52-12-9-43)36(27-34-30-39(47-3)42(50-6)40(31-34)48-4)32-58-25-24-57-23-22-56-19-16-53-13-10-44/h28-31,35-36,43-44H,7-27,32H2,1-6H3/t35-,36+/m0/s1. The predicted octanol–water partition coefficient (Wildman–Crippen LogP) is 3.65. The second-order valence-electron chi connectivity index (χ2n) is 12.9. The van der Waals surface area contributed by atoms with Crippen LogP contribution in [0.1, 0.15) is 24.0 Å². The van der Waals surface area contributed by atoms with Gasteiger partial charge in [0.05, 0.1) is 155 Å². The Bertz CT molecular complexity index is 1250. The quantitative estimate of drug-likeness (QED) is 0.0936. The number of hydrogen-bond acceptors (Lipinski definition) is 16. The van der Waals surface area contributed by atoms with Crippen molar-refractivity contribution >= 4 is 0 Å². The number of rotatable bonds is 39. The van der Waals surface area contributed by atoms with Gasteiger partial charge in [-0.1, -0.05) is 0 Å². The molecule has 2 rings (SSSR count). The third-order valence-electron chi connectivity index (χ3n) is 9.01. The van der Waals surface area contributed by atoms with Crippen molar-refractivity contribution in [2.45, 2.75) is 25.7 Å². The van der Waals surface area contributed by atoms with Crippen molar-refractivity contribution in [1.82, 2.24) is 0 Å². The maximum Gasteiger partial charge on any atom is 0.203 e. The van der Waals surface area contributed by atoms with Gasteiger partial charge in [-0.3, -0.25) is 0 Å². The fourth-order valence-electron chi connectivity index (χ4n) is 6.21. The zero-order chi connectivity index (χ0) is 42.1. The average Bonchev–Trinajstić information content (AvgIpc) is 3.25. The van der Waals surface area contributed by atoms with Gasteiger partial charge in [0.1, 0.15) is 0 Å². The largest absolute Gasteiger partial charge is 0.493 e. The Kier molecular flexibility index (Phi) is 29.6. The summed E-state index contributed by atoms with van der Waals surface area (Å²) in [5.74, 6) is 3.63. The van der Waals surface area contributed by atoms with E-state index in [0.717, 1.165) is 24.0 Å². The molecule has 58 heavy (non-hydrogen) atoms. The Morgan fingerprint density at radius 3 is 1.02 bits per heavy atom. The van der Waals surface area contributed by atoms with E-state index in [1.807, 2.05) is 24.3 Å². The van der Waals surface area contributed by atoms with Gasteiger partial charge in [0.15, 0.2) is 23.0 Å². The Morgan fingerprint density at radius 2 is 0.690 bits per heavy atom. The highest BCUT2D eigenvalue weighted by Gasteiger charge is 2.26. The summed E-state index contributed by atoms with van der Waals surface area (Å²) in [5, 5.41) is 17.6. The van der Waals surface area contributed by atoms with E-state index in [1.165, 1.54) is 0 Å². The first kappa shape index (κ1) is 51.0. The number of hydrogen-bond donors (Lipinski definition) is 2. The van der Waals surface area contributed by atoms with Gasteiger partial charge in [0.25, 0.3) is 0 Å². The van der Waals surface area contributed by atoms with Crippen LogP contribution in [0.3, 0.4) is 0 Å². The summed E-state index contributed by atoms with van der Waals surface area (Å²) >= 11 is 0. The lowest BCUT2D eigenvalue weighted by atomic mass is 9.80. The first-order chi connectivity index (χ1) is 28.5. The molecule has 0 saturated heterocycles. The van der Waals surface area contributed by atoms with Crippen molar-refractivity contribution < 1.29 is 76.5 Å². The molecule has 0 aromatic heterocycles. The minimum atomic E-state index is -0.00803. The van der Waals surface area contributed by atoms with Gasteiger partial charge in [-0.15, -0.1) is 0 Å². The molecule has 2 aromatic rings. The molecule has 0 radical (unpaired) electrons. The topological polar surface area (TPSA) is 170 Å². The molecule has 0 aliphatic rings. The van der Waals surface area contributed by atoms with E-state index in [9.17, 15) is 0 Å². The number of aliphatic hydroxyl groups excluding tert-OH is 2. The molecule has 0 bridgehead atoms. The lowest BCUT2D eigenvalue weighted by Gasteiger charge is -2.29. The van der Waals surface area contributed by atoms with Crippen LogP contribution in [0.2, 0.25) is 0 Å². The molecular formula is C42H70O16. The molecule has 0 saturated carbocycles. The van der Waals surface area contributed by atoms with Crippen LogP contribution in [0.5, 0.6) is 34.5 Å². The van der Waals surface area contributed by atoms with Crippen LogP contribution in [-0.4, -0.2) is 172 Å². The van der Waals surface area contributed by atoms with Gasteiger partial charge in [-0.25, -0.2) is 0 Å². The smallest absolute Gasteiger partial charge is 0.203 e. The summed E-state index contributed by atoms with van der Waals surface area (Å²) in [6.07, 6.45) is 3.03. The van der Waals surface area contributed by atoms with Gasteiger partial charge in [0, 0.05) is 6.61 Å². The third kappa shape index (κ3) is 20.7. The lowest BCUT2D eigenvalue weighted by Crippen LogP contribution is -2.26. The van der Waals surface area contributed by atoms with Crippen molar-refractivity contribution in [3.8, 4) is 34.5 Å². The van der Waals surface area contributed by atoms with Gasteiger partial charge >= 0.3 is 0 Å². The summed E-state index contributed by atoms with van der Waals surface area (Å²) in [6.45, 7) is 6.95. The Morgan fingerprint density at radius 1 is 0.379 bits per heavy atom. The van der Waals surface area contributed by atoms with E-state index < -0.39 is 0 Å². The van der Waals surface area contributed by atoms with E-state index in [-0.39, 0.29) is 25.0 Å². The molecule has 16 nitrogen and oxygen atoms in total. The second kappa shape index (κ2) is 33.6. The zero-order valence-corrected chi connectivity index (χ0v) is 35.6. The van der Waals surface area contributed by atoms with Crippen molar-refractivity contribution in [2.24, 2.45) is 11.8 Å². The van der Waals surface area contributed by atoms with Gasteiger partial charge in [-0.2, -0.15) is 0 Å². The van der Waals surface area contributed by atoms with E-state index in [0.29, 0.717) is 153 Å². The predicted molar refractivity (Wildman–Crippen MR) is 217 cm³/mol. The van der Waals surface area contributed by atoms with Gasteiger partial charge < -0.3 is 76.5 Å². The summed E-state index contributed by atoms with van der Waals surface area (Å²) in [7, 11) is 9.65. The van der Waals surface area contributed by atoms with Crippen LogP contribution in [-0.2, 0) is 50.7 Å². The molecule has 2 N–H and O–H groups in total. The van der Waals surface area contributed by atoms with Crippen LogP contribution in [0, 0.1) is 11.8 Å². The van der Waals surface area contributed by atoms with Crippen molar-refractivity contribution in [1.29, 1.82) is 0 Å². The fourth-order valence-corrected chi connectivity index (χ4v) is 6.21. The minimum absolute atomic E-state index is 0.000189. The Balaban J connectivity index is 2.17. The molecule has 16 heteroatoms. The highest BCUT2D eigenvalue weighted by molar-refractivity contribution is 5.55. The van der Waals surface area contributed by atoms with Crippen molar-refractivity contribution in [3.63, 3.8) is 0 Å². The number of aliphatic hydroxyl groups is 2. The van der Waals surface area contributed by atoms with Crippen LogP contribution in [0.4, 0.5) is 0 Å². The van der Waals surface area contributed by atoms with Crippen LogP contribution >= 0.6 is 0 Å². The Hall–Kier alpha value is -3.16. The summed E-state index contributed by atoms with van der Waals surface area (Å²) < 4.78 is 79.1. The number of benzene rings is 2. The molecular weight excluding hydrogens is 760 g/mol. The molecule has 0 aliphatic heterocycles. The molecule has 2 aromatic carbocycles. The second-order valence-corrected chi connectivity index (χ2v) is 12.9. The van der Waals surface area contributed by atoms with Crippen molar-refractivity contribution in [3.05, 3.63) is 35.4 Å². The monoisotopic (exact) mass is 830 g/mol. The summed E-state index contributed by atoms with van der Waals surface area (Å²) in [4.78, 5) is 0. The molecule has 334 valence electrons. The lowest BCUT2D eigenvalue weighted by molar-refractivity contribution is -0.0128. The van der Waals surface area contributed by atoms with E-state index in [1.54, 1.807) is 42.7 Å². The van der Waals surface area contributed by atoms with Gasteiger partial charge in [-0.05, 0) is 72.9 Å². The van der Waals surface area contributed by atoms with E-state index >= 15 is 0 Å². The fraction of sp³-hybridized carbons (Fsp3) is 0.714. The molecule has 0 amide bonds. The third-order valence-corrected chi connectivity index (χ3v) is 9.01. The molecule has 0 spiro atoms. The van der Waals surface area contributed by atoms with Gasteiger partial charge in [0.2, 0.25) is 11.5 Å². The first-order valence-electron chi connectivity index (χ1n) is 19.9. The van der Waals surface area contributed by atoms with Crippen molar-refractivity contribution in [2.75, 3.05) is 162 Å². The number of ether oxygens (including phenoxy) is 14. The molecule has 0 unspecified atom stereocenters. The summed E-state index contributed by atoms with van der Waals surface area (Å²) in [6, 6.07) is 7.98. The Labute approximate surface area is 345 Å². The molecule has 0 aliphatic carbocycles. The normalized spacial score (nSPS) is 12.3. The minimum Gasteiger partial charge on any atom is -0.493 e. The van der Waals surface area contributed by atoms with Crippen LogP contribution in [0.25, 0.3) is 0 Å². The SMILES string of the molecule is COc1cc(C[C@H](CCCOCCOCCOCCOCCO)[C@@H](COCCOCCOCCOCCO)Cc2cc(OC)c(OC)c(OC)c2)cc(OC)c1OC. The molecule has 2 atom stereocenters. The first-order valence-corrected chi connectivity index (χ1v) is 19.9. The average molecular weight is 831 g/mol. The highest BCUT2D eigenvalue weighted by Crippen LogP contribution is 2.41. The van der Waals surface area contributed by atoms with Crippen LogP contribution in [0.15, 0.2) is 24.3 Å². The highest BCUT2D eigenvalue weighted by atomic mass is 16.6. The number of methoxy groups -OCH3 is 6. The van der Waals surface area contributed by atoms with E-state index in [2.05, 4.69) is 0 Å². The van der Waals surface area contributed by atoms with Crippen LogP contribution < -0.4 is 28.4 Å². The maximum absolute atomic E-state index is 8.81.